The minimum atomic E-state index is -0.253. The van der Waals surface area contributed by atoms with Crippen molar-refractivity contribution in [3.8, 4) is 0 Å². The van der Waals surface area contributed by atoms with Crippen LogP contribution >= 0.6 is 0 Å². The van der Waals surface area contributed by atoms with E-state index in [0.29, 0.717) is 31.8 Å². The molecule has 0 spiro atoms. The van der Waals surface area contributed by atoms with E-state index in [9.17, 15) is 9.59 Å². The molecule has 0 radical (unpaired) electrons. The van der Waals surface area contributed by atoms with Crippen LogP contribution < -0.4 is 10.6 Å². The van der Waals surface area contributed by atoms with Crippen LogP contribution in [0.5, 0.6) is 0 Å². The summed E-state index contributed by atoms with van der Waals surface area (Å²) in [6.07, 6.45) is 1.25. The van der Waals surface area contributed by atoms with E-state index in [1.807, 2.05) is 54.6 Å². The second-order valence-corrected chi connectivity index (χ2v) is 7.54. The van der Waals surface area contributed by atoms with E-state index in [2.05, 4.69) is 29.6 Å². The van der Waals surface area contributed by atoms with Gasteiger partial charge in [-0.2, -0.15) is 0 Å². The van der Waals surface area contributed by atoms with Crippen molar-refractivity contribution in [1.29, 1.82) is 0 Å². The maximum absolute atomic E-state index is 12.3. The number of anilines is 2. The monoisotopic (exact) mass is 408 g/mol. The smallest absolute Gasteiger partial charge is 0.321 e. The van der Waals surface area contributed by atoms with Gasteiger partial charge in [-0.1, -0.05) is 49.3 Å². The maximum Gasteiger partial charge on any atom is 0.321 e. The van der Waals surface area contributed by atoms with Crippen molar-refractivity contribution in [2.24, 2.45) is 5.16 Å². The average Bonchev–Trinajstić information content (AvgIpc) is 2.75. The Balaban J connectivity index is 1.38. The number of hydrogen-bond acceptors (Lipinski definition) is 4. The fourth-order valence-corrected chi connectivity index (χ4v) is 3.11. The van der Waals surface area contributed by atoms with Gasteiger partial charge in [0.05, 0.1) is 5.71 Å². The molecule has 0 saturated carbocycles. The van der Waals surface area contributed by atoms with Gasteiger partial charge in [-0.15, -0.1) is 0 Å². The van der Waals surface area contributed by atoms with Crippen LogP contribution in [0, 0.1) is 0 Å². The number of piperidine rings is 1. The number of urea groups is 1. The molecule has 0 unspecified atom stereocenters. The number of hydrogen-bond donors (Lipinski definition) is 2. The zero-order chi connectivity index (χ0) is 21.3. The summed E-state index contributed by atoms with van der Waals surface area (Å²) in [6.45, 7) is 5.24. The zero-order valence-electron chi connectivity index (χ0n) is 17.4. The highest BCUT2D eigenvalue weighted by atomic mass is 16.6. The van der Waals surface area contributed by atoms with Crippen LogP contribution in [0.25, 0.3) is 0 Å². The standard InChI is InChI=1S/C23H28N4O3/c1-17(2)18-8-10-20(11-9-18)24-22(28)16-30-26-21-12-14-27(15-13-21)23(29)25-19-6-4-3-5-7-19/h3-11,17H,12-16H2,1-2H3,(H,24,28)(H,25,29). The highest BCUT2D eigenvalue weighted by Gasteiger charge is 2.20. The molecule has 3 rings (SSSR count). The number of nitrogens with one attached hydrogen (secondary N) is 2. The number of nitrogens with zero attached hydrogens (tertiary/aromatic N) is 2. The summed E-state index contributed by atoms with van der Waals surface area (Å²) < 4.78 is 0. The summed E-state index contributed by atoms with van der Waals surface area (Å²) in [5.74, 6) is 0.195. The second kappa shape index (κ2) is 10.4. The van der Waals surface area contributed by atoms with Crippen LogP contribution in [0.4, 0.5) is 16.2 Å². The van der Waals surface area contributed by atoms with Crippen molar-refractivity contribution >= 4 is 29.0 Å². The summed E-state index contributed by atoms with van der Waals surface area (Å²) in [5, 5.41) is 9.75. The van der Waals surface area contributed by atoms with E-state index in [1.54, 1.807) is 4.90 Å². The average molecular weight is 409 g/mol. The van der Waals surface area contributed by atoms with Crippen LogP contribution in [-0.2, 0) is 9.63 Å². The van der Waals surface area contributed by atoms with E-state index in [4.69, 9.17) is 4.84 Å². The lowest BCUT2D eigenvalue weighted by Gasteiger charge is -2.27. The summed E-state index contributed by atoms with van der Waals surface area (Å²) >= 11 is 0. The lowest BCUT2D eigenvalue weighted by Crippen LogP contribution is -2.41. The minimum Gasteiger partial charge on any atom is -0.386 e. The van der Waals surface area contributed by atoms with Crippen molar-refractivity contribution in [2.75, 3.05) is 30.3 Å². The maximum atomic E-state index is 12.3. The fourth-order valence-electron chi connectivity index (χ4n) is 3.11. The fraction of sp³-hybridized carbons (Fsp3) is 0.348. The molecule has 1 aliphatic rings. The van der Waals surface area contributed by atoms with Crippen LogP contribution in [-0.4, -0.2) is 42.2 Å². The van der Waals surface area contributed by atoms with Crippen molar-refractivity contribution in [1.82, 2.24) is 4.90 Å². The summed E-state index contributed by atoms with van der Waals surface area (Å²) in [7, 11) is 0. The molecule has 2 aromatic rings. The number of likely N-dealkylation sites (tertiary alicyclic amines) is 1. The quantitative estimate of drug-likeness (QED) is 0.693. The molecule has 7 nitrogen and oxygen atoms in total. The van der Waals surface area contributed by atoms with E-state index in [-0.39, 0.29) is 18.5 Å². The zero-order valence-corrected chi connectivity index (χ0v) is 17.4. The molecule has 3 amide bonds. The third kappa shape index (κ3) is 6.34. The summed E-state index contributed by atoms with van der Waals surface area (Å²) in [4.78, 5) is 31.3. The van der Waals surface area contributed by atoms with Crippen LogP contribution in [0.2, 0.25) is 0 Å². The Morgan fingerprint density at radius 3 is 2.23 bits per heavy atom. The number of oxime groups is 1. The molecule has 0 aromatic heterocycles. The molecular weight excluding hydrogens is 380 g/mol. The van der Waals surface area contributed by atoms with E-state index >= 15 is 0 Å². The molecule has 0 aliphatic carbocycles. The molecule has 158 valence electrons. The normalized spacial score (nSPS) is 13.7. The van der Waals surface area contributed by atoms with Crippen molar-refractivity contribution < 1.29 is 14.4 Å². The van der Waals surface area contributed by atoms with E-state index in [1.165, 1.54) is 5.56 Å². The first-order valence-corrected chi connectivity index (χ1v) is 10.2. The number of carbonyl (C=O) groups excluding carboxylic acids is 2. The third-order valence-corrected chi connectivity index (χ3v) is 4.90. The largest absolute Gasteiger partial charge is 0.386 e. The van der Waals surface area contributed by atoms with E-state index in [0.717, 1.165) is 17.1 Å². The highest BCUT2D eigenvalue weighted by Crippen LogP contribution is 2.17. The molecule has 1 heterocycles. The predicted molar refractivity (Wildman–Crippen MR) is 119 cm³/mol. The topological polar surface area (TPSA) is 83.0 Å². The predicted octanol–water partition coefficient (Wildman–Crippen LogP) is 4.45. The number of benzene rings is 2. The highest BCUT2D eigenvalue weighted by molar-refractivity contribution is 5.93. The first-order chi connectivity index (χ1) is 14.5. The number of rotatable bonds is 6. The lowest BCUT2D eigenvalue weighted by atomic mass is 10.0. The third-order valence-electron chi connectivity index (χ3n) is 4.90. The van der Waals surface area contributed by atoms with Gasteiger partial charge in [-0.3, -0.25) is 4.79 Å². The number of para-hydroxylation sites is 1. The Kier molecular flexibility index (Phi) is 7.43. The Labute approximate surface area is 177 Å². The van der Waals surface area contributed by atoms with Crippen molar-refractivity contribution in [3.05, 3.63) is 60.2 Å². The van der Waals surface area contributed by atoms with Gasteiger partial charge in [0.25, 0.3) is 5.91 Å². The molecule has 2 N–H and O–H groups in total. The summed E-state index contributed by atoms with van der Waals surface area (Å²) in [6, 6.07) is 17.0. The van der Waals surface area contributed by atoms with Gasteiger partial charge in [-0.05, 0) is 35.7 Å². The molecule has 1 aliphatic heterocycles. The van der Waals surface area contributed by atoms with Crippen LogP contribution in [0.3, 0.4) is 0 Å². The number of carbonyl (C=O) groups is 2. The van der Waals surface area contributed by atoms with Gasteiger partial charge >= 0.3 is 6.03 Å². The summed E-state index contributed by atoms with van der Waals surface area (Å²) in [5.41, 5.74) is 3.58. The van der Waals surface area contributed by atoms with Crippen molar-refractivity contribution in [3.63, 3.8) is 0 Å². The van der Waals surface area contributed by atoms with Gasteiger partial charge in [0, 0.05) is 37.3 Å². The molecule has 0 bridgehead atoms. The van der Waals surface area contributed by atoms with Crippen LogP contribution in [0.15, 0.2) is 59.8 Å². The Morgan fingerprint density at radius 1 is 0.967 bits per heavy atom. The SMILES string of the molecule is CC(C)c1ccc(NC(=O)CON=C2CCN(C(=O)Nc3ccccc3)CC2)cc1. The second-order valence-electron chi connectivity index (χ2n) is 7.54. The molecule has 2 aromatic carbocycles. The Morgan fingerprint density at radius 2 is 1.60 bits per heavy atom. The molecule has 0 atom stereocenters. The number of amides is 3. The first kappa shape index (κ1) is 21.4. The van der Waals surface area contributed by atoms with Gasteiger partial charge in [0.1, 0.15) is 0 Å². The van der Waals surface area contributed by atoms with Gasteiger partial charge in [-0.25, -0.2) is 4.79 Å². The molecular formula is C23H28N4O3. The lowest BCUT2D eigenvalue weighted by molar-refractivity contribution is -0.120. The first-order valence-electron chi connectivity index (χ1n) is 10.2. The van der Waals surface area contributed by atoms with E-state index < -0.39 is 0 Å². The van der Waals surface area contributed by atoms with Gasteiger partial charge in [0.2, 0.25) is 0 Å². The van der Waals surface area contributed by atoms with Crippen molar-refractivity contribution in [2.45, 2.75) is 32.6 Å². The molecule has 30 heavy (non-hydrogen) atoms. The van der Waals surface area contributed by atoms with Gasteiger partial charge < -0.3 is 20.4 Å². The molecule has 1 saturated heterocycles. The van der Waals surface area contributed by atoms with Crippen LogP contribution in [0.1, 0.15) is 38.2 Å². The Bertz CT molecular complexity index is 869. The van der Waals surface area contributed by atoms with Gasteiger partial charge in [0.15, 0.2) is 6.61 Å². The molecule has 1 fully saturated rings. The minimum absolute atomic E-state index is 0.121. The Hall–Kier alpha value is -3.35. The molecule has 7 heteroatoms.